The minimum atomic E-state index is -0.728. The van der Waals surface area contributed by atoms with Crippen molar-refractivity contribution < 1.29 is 19.1 Å². The summed E-state index contributed by atoms with van der Waals surface area (Å²) in [6.07, 6.45) is -0.666. The standard InChI is InChI=1S/C17H23N3O4/c1-12-4-6-14(7-5-12)10-19-8-9-20(11-15(19)21)16(22)13(2)18-17(23)24-3/h4-7,13H,8-11H2,1-3H3,(H,18,23). The van der Waals surface area contributed by atoms with Gasteiger partial charge in [0.15, 0.2) is 0 Å². The molecule has 1 atom stereocenters. The van der Waals surface area contributed by atoms with Crippen LogP contribution in [0.5, 0.6) is 0 Å². The fourth-order valence-corrected chi connectivity index (χ4v) is 2.55. The average molecular weight is 333 g/mol. The molecular formula is C17H23N3O4. The lowest BCUT2D eigenvalue weighted by atomic mass is 10.1. The zero-order valence-corrected chi connectivity index (χ0v) is 14.2. The van der Waals surface area contributed by atoms with Gasteiger partial charge in [-0.05, 0) is 19.4 Å². The molecule has 2 rings (SSSR count). The van der Waals surface area contributed by atoms with E-state index in [0.29, 0.717) is 19.6 Å². The lowest BCUT2D eigenvalue weighted by Crippen LogP contribution is -2.56. The summed E-state index contributed by atoms with van der Waals surface area (Å²) in [6, 6.07) is 7.30. The van der Waals surface area contributed by atoms with Crippen LogP contribution in [0.3, 0.4) is 0 Å². The number of benzene rings is 1. The minimum absolute atomic E-state index is 0.0257. The molecule has 7 heteroatoms. The molecule has 0 radical (unpaired) electrons. The summed E-state index contributed by atoms with van der Waals surface area (Å²) in [5, 5.41) is 2.42. The number of methoxy groups -OCH3 is 1. The lowest BCUT2D eigenvalue weighted by Gasteiger charge is -2.35. The molecule has 0 bridgehead atoms. The fourth-order valence-electron chi connectivity index (χ4n) is 2.55. The first-order valence-corrected chi connectivity index (χ1v) is 7.87. The van der Waals surface area contributed by atoms with Gasteiger partial charge < -0.3 is 19.9 Å². The maximum Gasteiger partial charge on any atom is 0.407 e. The highest BCUT2D eigenvalue weighted by Gasteiger charge is 2.30. The fraction of sp³-hybridized carbons (Fsp3) is 0.471. The normalized spacial score (nSPS) is 15.9. The number of amides is 3. The number of alkyl carbamates (subject to hydrolysis) is 1. The number of nitrogens with one attached hydrogen (secondary N) is 1. The molecule has 7 nitrogen and oxygen atoms in total. The van der Waals surface area contributed by atoms with Crippen molar-refractivity contribution in [2.24, 2.45) is 0 Å². The topological polar surface area (TPSA) is 79.0 Å². The second-order valence-corrected chi connectivity index (χ2v) is 5.92. The van der Waals surface area contributed by atoms with Gasteiger partial charge in [0, 0.05) is 19.6 Å². The molecule has 1 aliphatic rings. The Morgan fingerprint density at radius 2 is 1.92 bits per heavy atom. The van der Waals surface area contributed by atoms with E-state index in [9.17, 15) is 14.4 Å². The van der Waals surface area contributed by atoms with E-state index in [1.54, 1.807) is 11.8 Å². The molecule has 1 aromatic carbocycles. The van der Waals surface area contributed by atoms with Gasteiger partial charge in [0.05, 0.1) is 13.7 Å². The van der Waals surface area contributed by atoms with Crippen molar-refractivity contribution in [1.82, 2.24) is 15.1 Å². The summed E-state index contributed by atoms with van der Waals surface area (Å²) in [5.41, 5.74) is 2.24. The minimum Gasteiger partial charge on any atom is -0.453 e. The molecule has 0 aliphatic carbocycles. The van der Waals surface area contributed by atoms with Crippen molar-refractivity contribution in [3.63, 3.8) is 0 Å². The molecule has 130 valence electrons. The third-order valence-electron chi connectivity index (χ3n) is 4.01. The van der Waals surface area contributed by atoms with Crippen LogP contribution in [0.1, 0.15) is 18.1 Å². The SMILES string of the molecule is COC(=O)NC(C)C(=O)N1CCN(Cc2ccc(C)cc2)C(=O)C1. The van der Waals surface area contributed by atoms with Crippen LogP contribution in [0.2, 0.25) is 0 Å². The zero-order chi connectivity index (χ0) is 17.7. The maximum absolute atomic E-state index is 12.3. The number of carbonyl (C=O) groups is 3. The molecular weight excluding hydrogens is 310 g/mol. The Hall–Kier alpha value is -2.57. The maximum atomic E-state index is 12.3. The highest BCUT2D eigenvalue weighted by molar-refractivity contribution is 5.90. The van der Waals surface area contributed by atoms with Crippen LogP contribution in [-0.4, -0.2) is 60.5 Å². The number of hydrogen-bond donors (Lipinski definition) is 1. The third-order valence-corrected chi connectivity index (χ3v) is 4.01. The predicted molar refractivity (Wildman–Crippen MR) is 88.2 cm³/mol. The van der Waals surface area contributed by atoms with Gasteiger partial charge in [-0.15, -0.1) is 0 Å². The molecule has 0 saturated carbocycles. The first kappa shape index (κ1) is 17.8. The second kappa shape index (κ2) is 7.81. The Morgan fingerprint density at radius 3 is 2.50 bits per heavy atom. The van der Waals surface area contributed by atoms with Crippen molar-refractivity contribution in [1.29, 1.82) is 0 Å². The third kappa shape index (κ3) is 4.47. The molecule has 1 N–H and O–H groups in total. The largest absolute Gasteiger partial charge is 0.453 e. The summed E-state index contributed by atoms with van der Waals surface area (Å²) < 4.78 is 4.48. The van der Waals surface area contributed by atoms with Gasteiger partial charge in [-0.1, -0.05) is 29.8 Å². The lowest BCUT2D eigenvalue weighted by molar-refractivity contribution is -0.146. The molecule has 1 unspecified atom stereocenters. The Bertz CT molecular complexity index is 615. The van der Waals surface area contributed by atoms with E-state index in [2.05, 4.69) is 10.1 Å². The zero-order valence-electron chi connectivity index (χ0n) is 14.2. The van der Waals surface area contributed by atoms with Crippen LogP contribution in [0, 0.1) is 6.92 Å². The average Bonchev–Trinajstić information content (AvgIpc) is 2.57. The van der Waals surface area contributed by atoms with Crippen LogP contribution < -0.4 is 5.32 Å². The van der Waals surface area contributed by atoms with Crippen LogP contribution in [0.4, 0.5) is 4.79 Å². The van der Waals surface area contributed by atoms with Crippen molar-refractivity contribution in [3.05, 3.63) is 35.4 Å². The van der Waals surface area contributed by atoms with Gasteiger partial charge in [-0.25, -0.2) is 4.79 Å². The first-order valence-electron chi connectivity index (χ1n) is 7.87. The second-order valence-electron chi connectivity index (χ2n) is 5.92. The predicted octanol–water partition coefficient (Wildman–Crippen LogP) is 0.910. The van der Waals surface area contributed by atoms with Gasteiger partial charge in [0.1, 0.15) is 6.04 Å². The van der Waals surface area contributed by atoms with E-state index in [-0.39, 0.29) is 18.4 Å². The monoisotopic (exact) mass is 333 g/mol. The van der Waals surface area contributed by atoms with E-state index in [1.807, 2.05) is 31.2 Å². The smallest absolute Gasteiger partial charge is 0.407 e. The Kier molecular flexibility index (Phi) is 5.78. The number of aryl methyl sites for hydroxylation is 1. The van der Waals surface area contributed by atoms with Gasteiger partial charge in [-0.2, -0.15) is 0 Å². The van der Waals surface area contributed by atoms with E-state index in [4.69, 9.17) is 0 Å². The molecule has 0 spiro atoms. The quantitative estimate of drug-likeness (QED) is 0.888. The van der Waals surface area contributed by atoms with Gasteiger partial charge in [0.25, 0.3) is 0 Å². The van der Waals surface area contributed by atoms with Crippen molar-refractivity contribution in [2.45, 2.75) is 26.4 Å². The molecule has 1 heterocycles. The van der Waals surface area contributed by atoms with E-state index < -0.39 is 12.1 Å². The Balaban J connectivity index is 1.90. The summed E-state index contributed by atoms with van der Waals surface area (Å²) in [6.45, 7) is 5.08. The number of rotatable bonds is 4. The number of hydrogen-bond acceptors (Lipinski definition) is 4. The first-order chi connectivity index (χ1) is 11.4. The highest BCUT2D eigenvalue weighted by Crippen LogP contribution is 2.11. The van der Waals surface area contributed by atoms with Crippen molar-refractivity contribution >= 4 is 17.9 Å². The summed E-state index contributed by atoms with van der Waals surface area (Å²) in [4.78, 5) is 39.0. The van der Waals surface area contributed by atoms with Crippen molar-refractivity contribution in [2.75, 3.05) is 26.7 Å². The van der Waals surface area contributed by atoms with E-state index in [1.165, 1.54) is 17.6 Å². The molecule has 1 aliphatic heterocycles. The Morgan fingerprint density at radius 1 is 1.25 bits per heavy atom. The number of piperazine rings is 1. The molecule has 1 aromatic rings. The summed E-state index contributed by atoms with van der Waals surface area (Å²) >= 11 is 0. The molecule has 1 saturated heterocycles. The summed E-state index contributed by atoms with van der Waals surface area (Å²) in [7, 11) is 1.24. The van der Waals surface area contributed by atoms with Gasteiger partial charge in [-0.3, -0.25) is 9.59 Å². The van der Waals surface area contributed by atoms with Gasteiger partial charge in [0.2, 0.25) is 11.8 Å². The molecule has 3 amide bonds. The molecule has 0 aromatic heterocycles. The van der Waals surface area contributed by atoms with Crippen LogP contribution in [0.25, 0.3) is 0 Å². The highest BCUT2D eigenvalue weighted by atomic mass is 16.5. The molecule has 24 heavy (non-hydrogen) atoms. The van der Waals surface area contributed by atoms with E-state index in [0.717, 1.165) is 5.56 Å². The van der Waals surface area contributed by atoms with Crippen LogP contribution >= 0.6 is 0 Å². The number of nitrogens with zero attached hydrogens (tertiary/aromatic N) is 2. The van der Waals surface area contributed by atoms with E-state index >= 15 is 0 Å². The Labute approximate surface area is 141 Å². The molecule has 1 fully saturated rings. The van der Waals surface area contributed by atoms with Gasteiger partial charge >= 0.3 is 6.09 Å². The summed E-state index contributed by atoms with van der Waals surface area (Å²) in [5.74, 6) is -0.385. The van der Waals surface area contributed by atoms with Crippen molar-refractivity contribution in [3.8, 4) is 0 Å². The van der Waals surface area contributed by atoms with Crippen LogP contribution in [0.15, 0.2) is 24.3 Å². The van der Waals surface area contributed by atoms with Crippen LogP contribution in [-0.2, 0) is 20.9 Å². The number of ether oxygens (including phenoxy) is 1. The number of carbonyl (C=O) groups excluding carboxylic acids is 3.